The van der Waals surface area contributed by atoms with Gasteiger partial charge in [-0.2, -0.15) is 15.0 Å². The Labute approximate surface area is 167 Å². The average molecular weight is 402 g/mol. The summed E-state index contributed by atoms with van der Waals surface area (Å²) in [6.45, 7) is 3.30. The molecule has 29 heavy (non-hydrogen) atoms. The van der Waals surface area contributed by atoms with Gasteiger partial charge in [0.15, 0.2) is 0 Å². The third kappa shape index (κ3) is 4.15. The van der Waals surface area contributed by atoms with Gasteiger partial charge in [0.1, 0.15) is 11.9 Å². The first kappa shape index (κ1) is 19.2. The maximum Gasteiger partial charge on any atom is 0.414 e. The molecule has 2 saturated heterocycles. The number of nitrogens with one attached hydrogen (secondary N) is 1. The van der Waals surface area contributed by atoms with E-state index in [1.54, 1.807) is 29.3 Å². The quantitative estimate of drug-likeness (QED) is 0.819. The van der Waals surface area contributed by atoms with Crippen molar-refractivity contribution in [2.24, 2.45) is 0 Å². The number of piperidine rings is 1. The second kappa shape index (κ2) is 8.06. The van der Waals surface area contributed by atoms with Gasteiger partial charge in [-0.1, -0.05) is 0 Å². The maximum atomic E-state index is 14.8. The van der Waals surface area contributed by atoms with Gasteiger partial charge >= 0.3 is 6.09 Å². The molecule has 1 N–H and O–H groups in total. The molecule has 154 valence electrons. The van der Waals surface area contributed by atoms with E-state index in [0.29, 0.717) is 24.5 Å². The first-order chi connectivity index (χ1) is 14.0. The topological polar surface area (TPSA) is 92.6 Å². The van der Waals surface area contributed by atoms with Crippen LogP contribution in [-0.2, 0) is 9.53 Å². The van der Waals surface area contributed by atoms with E-state index in [2.05, 4.69) is 15.5 Å². The molecule has 0 spiro atoms. The highest BCUT2D eigenvalue weighted by Gasteiger charge is 2.33. The van der Waals surface area contributed by atoms with Gasteiger partial charge in [-0.3, -0.25) is 9.69 Å². The molecule has 2 fully saturated rings. The molecular formula is C19H23FN6O3. The Bertz CT molecular complexity index is 882. The first-order valence-corrected chi connectivity index (χ1v) is 9.64. The standard InChI is InChI=1S/C19H23FN6O3/c1-13(27)21-11-16-12-25(19(28)29-16)15-2-3-18(17(20)10-15)24-8-4-14(5-9-24)26-22-6-7-23-26/h2-3,6-7,10,14,16H,4-5,8-9,11-12H2,1H3,(H,21,27). The predicted molar refractivity (Wildman–Crippen MR) is 103 cm³/mol. The SMILES string of the molecule is CC(=O)NCC1CN(c2ccc(N3CCC(n4nccn4)CC3)c(F)c2)C(=O)O1. The lowest BCUT2D eigenvalue weighted by Gasteiger charge is -2.33. The lowest BCUT2D eigenvalue weighted by atomic mass is 10.0. The largest absolute Gasteiger partial charge is 0.442 e. The Morgan fingerprint density at radius 2 is 2.00 bits per heavy atom. The molecule has 2 aliphatic rings. The van der Waals surface area contributed by atoms with Crippen molar-refractivity contribution in [3.05, 3.63) is 36.4 Å². The molecule has 9 nitrogen and oxygen atoms in total. The van der Waals surface area contributed by atoms with E-state index in [9.17, 15) is 14.0 Å². The number of hydrogen-bond donors (Lipinski definition) is 1. The van der Waals surface area contributed by atoms with Crippen LogP contribution < -0.4 is 15.1 Å². The molecule has 1 aromatic carbocycles. The molecule has 0 aliphatic carbocycles. The number of cyclic esters (lactones) is 1. The van der Waals surface area contributed by atoms with Crippen molar-refractivity contribution in [2.45, 2.75) is 31.9 Å². The molecule has 2 aromatic rings. The Morgan fingerprint density at radius 3 is 2.66 bits per heavy atom. The molecule has 1 atom stereocenters. The number of rotatable bonds is 5. The number of ether oxygens (including phenoxy) is 1. The van der Waals surface area contributed by atoms with Crippen LogP contribution in [0, 0.1) is 5.82 Å². The first-order valence-electron chi connectivity index (χ1n) is 9.64. The van der Waals surface area contributed by atoms with E-state index in [0.717, 1.165) is 12.8 Å². The molecule has 0 saturated carbocycles. The number of carbonyl (C=O) groups is 2. The van der Waals surface area contributed by atoms with Crippen LogP contribution in [0.3, 0.4) is 0 Å². The van der Waals surface area contributed by atoms with Crippen molar-refractivity contribution in [1.29, 1.82) is 0 Å². The van der Waals surface area contributed by atoms with E-state index in [1.807, 2.05) is 4.90 Å². The van der Waals surface area contributed by atoms with Crippen molar-refractivity contribution in [1.82, 2.24) is 20.3 Å². The number of carbonyl (C=O) groups excluding carboxylic acids is 2. The number of amides is 2. The number of aromatic nitrogens is 3. The van der Waals surface area contributed by atoms with E-state index >= 15 is 0 Å². The molecule has 2 amide bonds. The van der Waals surface area contributed by atoms with E-state index in [4.69, 9.17) is 4.74 Å². The van der Waals surface area contributed by atoms with Gasteiger partial charge in [0.05, 0.1) is 42.9 Å². The molecular weight excluding hydrogens is 379 g/mol. The summed E-state index contributed by atoms with van der Waals surface area (Å²) in [4.78, 5) is 28.2. The zero-order chi connectivity index (χ0) is 20.4. The average Bonchev–Trinajstić information content (AvgIpc) is 3.36. The van der Waals surface area contributed by atoms with Crippen molar-refractivity contribution in [3.8, 4) is 0 Å². The van der Waals surface area contributed by atoms with Gasteiger partial charge in [0.2, 0.25) is 5.91 Å². The fourth-order valence-corrected chi connectivity index (χ4v) is 3.77. The molecule has 1 unspecified atom stereocenters. The van der Waals surface area contributed by atoms with Crippen LogP contribution in [0.1, 0.15) is 25.8 Å². The van der Waals surface area contributed by atoms with E-state index in [-0.39, 0.29) is 30.9 Å². The minimum absolute atomic E-state index is 0.193. The summed E-state index contributed by atoms with van der Waals surface area (Å²) < 4.78 is 20.1. The second-order valence-corrected chi connectivity index (χ2v) is 7.26. The monoisotopic (exact) mass is 402 g/mol. The summed E-state index contributed by atoms with van der Waals surface area (Å²) in [6, 6.07) is 5.01. The molecule has 1 aromatic heterocycles. The summed E-state index contributed by atoms with van der Waals surface area (Å²) in [6.07, 6.45) is 3.99. The lowest BCUT2D eigenvalue weighted by Crippen LogP contribution is -2.36. The predicted octanol–water partition coefficient (Wildman–Crippen LogP) is 1.72. The molecule has 0 bridgehead atoms. The summed E-state index contributed by atoms with van der Waals surface area (Å²) in [5.41, 5.74) is 0.959. The maximum absolute atomic E-state index is 14.8. The molecule has 10 heteroatoms. The third-order valence-corrected chi connectivity index (χ3v) is 5.26. The highest BCUT2D eigenvalue weighted by molar-refractivity contribution is 5.90. The Balaban J connectivity index is 1.39. The summed E-state index contributed by atoms with van der Waals surface area (Å²) in [5.74, 6) is -0.571. The fraction of sp³-hybridized carbons (Fsp3) is 0.474. The Hall–Kier alpha value is -3.17. The summed E-state index contributed by atoms with van der Waals surface area (Å²) in [7, 11) is 0. The number of benzene rings is 1. The van der Waals surface area contributed by atoms with Crippen LogP contribution >= 0.6 is 0 Å². The van der Waals surface area contributed by atoms with E-state index < -0.39 is 12.2 Å². The number of hydrogen-bond acceptors (Lipinski definition) is 6. The Kier molecular flexibility index (Phi) is 5.32. The highest BCUT2D eigenvalue weighted by Crippen LogP contribution is 2.31. The van der Waals surface area contributed by atoms with Crippen molar-refractivity contribution in [3.63, 3.8) is 0 Å². The van der Waals surface area contributed by atoms with Gasteiger partial charge in [-0.15, -0.1) is 0 Å². The minimum atomic E-state index is -0.542. The van der Waals surface area contributed by atoms with Crippen LogP contribution in [0.15, 0.2) is 30.6 Å². The van der Waals surface area contributed by atoms with Crippen LogP contribution in [0.4, 0.5) is 20.6 Å². The third-order valence-electron chi connectivity index (χ3n) is 5.26. The van der Waals surface area contributed by atoms with Gasteiger partial charge in [0.25, 0.3) is 0 Å². The molecule has 2 aliphatic heterocycles. The van der Waals surface area contributed by atoms with Crippen LogP contribution in [0.5, 0.6) is 0 Å². The molecule has 4 rings (SSSR count). The smallest absolute Gasteiger partial charge is 0.414 e. The van der Waals surface area contributed by atoms with Crippen molar-refractivity contribution >= 4 is 23.4 Å². The molecule has 3 heterocycles. The van der Waals surface area contributed by atoms with Gasteiger partial charge < -0.3 is 15.0 Å². The lowest BCUT2D eigenvalue weighted by molar-refractivity contribution is -0.119. The number of anilines is 2. The normalized spacial score (nSPS) is 20.1. The summed E-state index contributed by atoms with van der Waals surface area (Å²) in [5, 5.41) is 11.0. The minimum Gasteiger partial charge on any atom is -0.442 e. The van der Waals surface area contributed by atoms with Gasteiger partial charge in [-0.05, 0) is 31.0 Å². The van der Waals surface area contributed by atoms with Crippen LogP contribution in [0.2, 0.25) is 0 Å². The zero-order valence-corrected chi connectivity index (χ0v) is 16.1. The van der Waals surface area contributed by atoms with Gasteiger partial charge in [-0.25, -0.2) is 9.18 Å². The summed E-state index contributed by atoms with van der Waals surface area (Å²) >= 11 is 0. The number of halogens is 1. The van der Waals surface area contributed by atoms with Gasteiger partial charge in [0, 0.05) is 20.0 Å². The molecule has 0 radical (unpaired) electrons. The number of nitrogens with zero attached hydrogens (tertiary/aromatic N) is 5. The van der Waals surface area contributed by atoms with Crippen LogP contribution in [0.25, 0.3) is 0 Å². The second-order valence-electron chi connectivity index (χ2n) is 7.26. The van der Waals surface area contributed by atoms with Crippen molar-refractivity contribution < 1.29 is 18.7 Å². The fourth-order valence-electron chi connectivity index (χ4n) is 3.77. The Morgan fingerprint density at radius 1 is 1.28 bits per heavy atom. The van der Waals surface area contributed by atoms with Crippen LogP contribution in [-0.4, -0.2) is 59.3 Å². The van der Waals surface area contributed by atoms with E-state index in [1.165, 1.54) is 17.9 Å². The van der Waals surface area contributed by atoms with Crippen molar-refractivity contribution in [2.75, 3.05) is 36.0 Å². The zero-order valence-electron chi connectivity index (χ0n) is 16.1. The highest BCUT2D eigenvalue weighted by atomic mass is 19.1.